The minimum absolute atomic E-state index is 0.0228. The van der Waals surface area contributed by atoms with E-state index in [1.54, 1.807) is 0 Å². The Morgan fingerprint density at radius 1 is 1.45 bits per heavy atom. The molecule has 0 saturated heterocycles. The van der Waals surface area contributed by atoms with E-state index in [2.05, 4.69) is 5.32 Å². The molecule has 0 spiro atoms. The van der Waals surface area contributed by atoms with Gasteiger partial charge < -0.3 is 5.32 Å². The van der Waals surface area contributed by atoms with Crippen LogP contribution >= 0.6 is 0 Å². The maximum absolute atomic E-state index is 12.2. The molecule has 1 N–H and O–H groups in total. The van der Waals surface area contributed by atoms with Gasteiger partial charge in [0.25, 0.3) is 5.56 Å². The van der Waals surface area contributed by atoms with Crippen LogP contribution in [0.1, 0.15) is 31.0 Å². The first-order valence-corrected chi connectivity index (χ1v) is 6.63. The quantitative estimate of drug-likeness (QED) is 0.790. The van der Waals surface area contributed by atoms with E-state index >= 15 is 0 Å². The summed E-state index contributed by atoms with van der Waals surface area (Å²) < 4.78 is 2.27. The van der Waals surface area contributed by atoms with Crippen LogP contribution in [0.5, 0.6) is 0 Å². The van der Waals surface area contributed by atoms with Crippen LogP contribution in [0.2, 0.25) is 0 Å². The summed E-state index contributed by atoms with van der Waals surface area (Å²) in [5, 5.41) is 11.7. The molecule has 0 radical (unpaired) electrons. The second-order valence-electron chi connectivity index (χ2n) is 4.71. The molecule has 106 valence electrons. The SMILES string of the molecule is CCCNC(=O)Cn1c(=O)c(C#N)c2n(c1=O)CCC2. The van der Waals surface area contributed by atoms with Gasteiger partial charge in [-0.1, -0.05) is 6.92 Å². The number of nitrogens with zero attached hydrogens (tertiary/aromatic N) is 3. The molecule has 1 aromatic rings. The van der Waals surface area contributed by atoms with Gasteiger partial charge in [-0.15, -0.1) is 0 Å². The Labute approximate surface area is 115 Å². The molecule has 7 heteroatoms. The van der Waals surface area contributed by atoms with Crippen LogP contribution in [0.15, 0.2) is 9.59 Å². The highest BCUT2D eigenvalue weighted by Crippen LogP contribution is 2.12. The minimum atomic E-state index is -0.669. The molecule has 1 aliphatic heterocycles. The molecule has 1 aliphatic rings. The van der Waals surface area contributed by atoms with Crippen molar-refractivity contribution >= 4 is 5.91 Å². The Kier molecular flexibility index (Phi) is 4.03. The average Bonchev–Trinajstić information content (AvgIpc) is 2.91. The molecule has 2 heterocycles. The summed E-state index contributed by atoms with van der Waals surface area (Å²) in [6.07, 6.45) is 2.05. The molecule has 7 nitrogen and oxygen atoms in total. The molecule has 1 amide bonds. The highest BCUT2D eigenvalue weighted by atomic mass is 16.2. The average molecular weight is 276 g/mol. The molecular formula is C13H16N4O3. The molecule has 0 aliphatic carbocycles. The Morgan fingerprint density at radius 3 is 2.85 bits per heavy atom. The zero-order valence-electron chi connectivity index (χ0n) is 11.3. The van der Waals surface area contributed by atoms with Crippen molar-refractivity contribution in [3.63, 3.8) is 0 Å². The van der Waals surface area contributed by atoms with Gasteiger partial charge in [0.1, 0.15) is 18.2 Å². The number of fused-ring (bicyclic) bond motifs is 1. The lowest BCUT2D eigenvalue weighted by molar-refractivity contribution is -0.121. The van der Waals surface area contributed by atoms with Crippen molar-refractivity contribution in [2.75, 3.05) is 6.54 Å². The zero-order chi connectivity index (χ0) is 14.7. The Bertz CT molecular complexity index is 693. The molecule has 0 aromatic carbocycles. The van der Waals surface area contributed by atoms with E-state index in [4.69, 9.17) is 5.26 Å². The van der Waals surface area contributed by atoms with Gasteiger partial charge in [-0.3, -0.25) is 14.2 Å². The fraction of sp³-hybridized carbons (Fsp3) is 0.538. The smallest absolute Gasteiger partial charge is 0.331 e. The molecule has 0 atom stereocenters. The van der Waals surface area contributed by atoms with E-state index in [0.717, 1.165) is 17.4 Å². The predicted molar refractivity (Wildman–Crippen MR) is 71.3 cm³/mol. The Hall–Kier alpha value is -2.36. The highest BCUT2D eigenvalue weighted by molar-refractivity contribution is 5.75. The monoisotopic (exact) mass is 276 g/mol. The van der Waals surface area contributed by atoms with E-state index in [1.807, 2.05) is 13.0 Å². The van der Waals surface area contributed by atoms with Crippen molar-refractivity contribution < 1.29 is 4.79 Å². The van der Waals surface area contributed by atoms with Crippen LogP contribution in [0.3, 0.4) is 0 Å². The van der Waals surface area contributed by atoms with Crippen molar-refractivity contribution in [1.82, 2.24) is 14.5 Å². The third kappa shape index (κ3) is 2.37. The summed E-state index contributed by atoms with van der Waals surface area (Å²) >= 11 is 0. The van der Waals surface area contributed by atoms with E-state index in [-0.39, 0.29) is 12.1 Å². The largest absolute Gasteiger partial charge is 0.355 e. The van der Waals surface area contributed by atoms with E-state index in [9.17, 15) is 14.4 Å². The lowest BCUT2D eigenvalue weighted by Crippen LogP contribution is -2.45. The summed E-state index contributed by atoms with van der Waals surface area (Å²) in [5.41, 5.74) is -0.705. The highest BCUT2D eigenvalue weighted by Gasteiger charge is 2.23. The summed E-state index contributed by atoms with van der Waals surface area (Å²) in [4.78, 5) is 36.0. The number of hydrogen-bond acceptors (Lipinski definition) is 4. The molecule has 20 heavy (non-hydrogen) atoms. The summed E-state index contributed by atoms with van der Waals surface area (Å²) in [5.74, 6) is -0.395. The van der Waals surface area contributed by atoms with Crippen molar-refractivity contribution in [2.24, 2.45) is 0 Å². The van der Waals surface area contributed by atoms with Gasteiger partial charge in [0, 0.05) is 18.8 Å². The predicted octanol–water partition coefficient (Wildman–Crippen LogP) is -0.646. The molecule has 0 bridgehead atoms. The molecule has 0 saturated carbocycles. The standard InChI is InChI=1S/C13H16N4O3/c1-2-5-15-11(18)8-17-12(19)9(7-14)10-4-3-6-16(10)13(17)20/h2-6,8H2,1H3,(H,15,18). The third-order valence-corrected chi connectivity index (χ3v) is 3.32. The molecule has 1 aromatic heterocycles. The second kappa shape index (κ2) is 5.74. The number of rotatable bonds is 4. The summed E-state index contributed by atoms with van der Waals surface area (Å²) in [6, 6.07) is 1.85. The van der Waals surface area contributed by atoms with E-state index in [0.29, 0.717) is 25.2 Å². The topological polar surface area (TPSA) is 96.9 Å². The van der Waals surface area contributed by atoms with Gasteiger partial charge >= 0.3 is 5.69 Å². The van der Waals surface area contributed by atoms with Crippen LogP contribution in [-0.2, 0) is 24.3 Å². The first-order chi connectivity index (χ1) is 9.60. The second-order valence-corrected chi connectivity index (χ2v) is 4.71. The number of aromatic nitrogens is 2. The summed E-state index contributed by atoms with van der Waals surface area (Å²) in [7, 11) is 0. The fourth-order valence-corrected chi connectivity index (χ4v) is 2.35. The van der Waals surface area contributed by atoms with Gasteiger partial charge in [0.05, 0.1) is 0 Å². The van der Waals surface area contributed by atoms with Crippen molar-refractivity contribution in [1.29, 1.82) is 5.26 Å². The fourth-order valence-electron chi connectivity index (χ4n) is 2.35. The Morgan fingerprint density at radius 2 is 2.20 bits per heavy atom. The normalized spacial score (nSPS) is 12.8. The van der Waals surface area contributed by atoms with Crippen LogP contribution in [-0.4, -0.2) is 21.6 Å². The van der Waals surface area contributed by atoms with Gasteiger partial charge in [-0.05, 0) is 19.3 Å². The first kappa shape index (κ1) is 14.1. The third-order valence-electron chi connectivity index (χ3n) is 3.32. The van der Waals surface area contributed by atoms with Crippen LogP contribution in [0, 0.1) is 11.3 Å². The first-order valence-electron chi connectivity index (χ1n) is 6.63. The van der Waals surface area contributed by atoms with Crippen molar-refractivity contribution in [3.8, 4) is 6.07 Å². The van der Waals surface area contributed by atoms with Crippen LogP contribution in [0.4, 0.5) is 0 Å². The van der Waals surface area contributed by atoms with Crippen LogP contribution < -0.4 is 16.6 Å². The molecule has 2 rings (SSSR count). The zero-order valence-corrected chi connectivity index (χ0v) is 11.3. The van der Waals surface area contributed by atoms with E-state index < -0.39 is 17.2 Å². The maximum Gasteiger partial charge on any atom is 0.331 e. The number of carbonyl (C=O) groups is 1. The number of nitrogens with one attached hydrogen (secondary N) is 1. The number of hydrogen-bond donors (Lipinski definition) is 1. The van der Waals surface area contributed by atoms with Gasteiger partial charge in [-0.2, -0.15) is 5.26 Å². The van der Waals surface area contributed by atoms with E-state index in [1.165, 1.54) is 4.57 Å². The number of nitriles is 1. The molecular weight excluding hydrogens is 260 g/mol. The van der Waals surface area contributed by atoms with Crippen molar-refractivity contribution in [2.45, 2.75) is 39.3 Å². The molecule has 0 unspecified atom stereocenters. The number of carbonyl (C=O) groups excluding carboxylic acids is 1. The lowest BCUT2D eigenvalue weighted by Gasteiger charge is -2.10. The minimum Gasteiger partial charge on any atom is -0.355 e. The van der Waals surface area contributed by atoms with Gasteiger partial charge in [0.2, 0.25) is 5.91 Å². The van der Waals surface area contributed by atoms with Gasteiger partial charge in [-0.25, -0.2) is 9.36 Å². The van der Waals surface area contributed by atoms with Gasteiger partial charge in [0.15, 0.2) is 0 Å². The molecule has 0 fully saturated rings. The summed E-state index contributed by atoms with van der Waals surface area (Å²) in [6.45, 7) is 2.54. The van der Waals surface area contributed by atoms with Crippen LogP contribution in [0.25, 0.3) is 0 Å². The maximum atomic E-state index is 12.2. The lowest BCUT2D eigenvalue weighted by atomic mass is 10.2. The van der Waals surface area contributed by atoms with Crippen molar-refractivity contribution in [3.05, 3.63) is 32.1 Å². The Balaban J connectivity index is 2.45. The number of amides is 1.